The Morgan fingerprint density at radius 3 is 2.54 bits per heavy atom. The highest BCUT2D eigenvalue weighted by Gasteiger charge is 2.39. The number of hydrogen-bond acceptors (Lipinski definition) is 4. The first-order chi connectivity index (χ1) is 11.3. The molecule has 0 aromatic carbocycles. The van der Waals surface area contributed by atoms with Crippen LogP contribution in [0.5, 0.6) is 0 Å². The number of hydrogen-bond donors (Lipinski definition) is 1. The zero-order valence-corrected chi connectivity index (χ0v) is 14.4. The van der Waals surface area contributed by atoms with E-state index in [0.29, 0.717) is 22.3 Å². The Balaban J connectivity index is 2.10. The van der Waals surface area contributed by atoms with Crippen molar-refractivity contribution in [1.82, 2.24) is 19.7 Å². The molecule has 128 valence electrons. The van der Waals surface area contributed by atoms with Crippen LogP contribution in [-0.4, -0.2) is 48.7 Å². The highest BCUT2D eigenvalue weighted by atomic mass is 16.4. The number of rotatable bonds is 5. The fourth-order valence-electron chi connectivity index (χ4n) is 2.97. The van der Waals surface area contributed by atoms with Crippen LogP contribution >= 0.6 is 0 Å². The SMILES string of the molecule is Cc1cc(C(=O)N(C2CC2)C(C)C(=O)O)c2cnn(C(C)C)c2n1. The molecule has 7 heteroatoms. The van der Waals surface area contributed by atoms with Gasteiger partial charge in [0.05, 0.1) is 17.1 Å². The van der Waals surface area contributed by atoms with Crippen LogP contribution in [0.25, 0.3) is 11.0 Å². The van der Waals surface area contributed by atoms with Gasteiger partial charge in [-0.3, -0.25) is 4.79 Å². The highest BCUT2D eigenvalue weighted by molar-refractivity contribution is 6.06. The van der Waals surface area contributed by atoms with Crippen LogP contribution in [0.4, 0.5) is 0 Å². The van der Waals surface area contributed by atoms with Crippen LogP contribution in [0.3, 0.4) is 0 Å². The lowest BCUT2D eigenvalue weighted by Crippen LogP contribution is -2.44. The quantitative estimate of drug-likeness (QED) is 0.909. The van der Waals surface area contributed by atoms with Crippen LogP contribution in [-0.2, 0) is 4.79 Å². The van der Waals surface area contributed by atoms with Crippen LogP contribution in [0.15, 0.2) is 12.3 Å². The third-order valence-corrected chi connectivity index (χ3v) is 4.36. The first-order valence-corrected chi connectivity index (χ1v) is 8.21. The topological polar surface area (TPSA) is 88.3 Å². The number of carboxylic acids is 1. The van der Waals surface area contributed by atoms with Crippen molar-refractivity contribution >= 4 is 22.9 Å². The Hall–Kier alpha value is -2.44. The molecule has 7 nitrogen and oxygen atoms in total. The summed E-state index contributed by atoms with van der Waals surface area (Å²) < 4.78 is 1.78. The fourth-order valence-corrected chi connectivity index (χ4v) is 2.97. The molecule has 1 amide bonds. The van der Waals surface area contributed by atoms with E-state index in [1.807, 2.05) is 20.8 Å². The summed E-state index contributed by atoms with van der Waals surface area (Å²) >= 11 is 0. The minimum absolute atomic E-state index is 0.00673. The Morgan fingerprint density at radius 1 is 1.33 bits per heavy atom. The van der Waals surface area contributed by atoms with Crippen molar-refractivity contribution in [2.45, 2.75) is 58.7 Å². The van der Waals surface area contributed by atoms with Gasteiger partial charge in [-0.05, 0) is 46.6 Å². The summed E-state index contributed by atoms with van der Waals surface area (Å²) in [7, 11) is 0. The molecule has 0 radical (unpaired) electrons. The van der Waals surface area contributed by atoms with Gasteiger partial charge in [0.15, 0.2) is 5.65 Å². The Labute approximate surface area is 140 Å². The normalized spacial score (nSPS) is 15.7. The van der Waals surface area contributed by atoms with E-state index in [4.69, 9.17) is 0 Å². The van der Waals surface area contributed by atoms with Gasteiger partial charge in [-0.25, -0.2) is 14.5 Å². The summed E-state index contributed by atoms with van der Waals surface area (Å²) in [5, 5.41) is 14.4. The van der Waals surface area contributed by atoms with Crippen molar-refractivity contribution in [3.8, 4) is 0 Å². The largest absolute Gasteiger partial charge is 0.480 e. The van der Waals surface area contributed by atoms with Gasteiger partial charge >= 0.3 is 5.97 Å². The lowest BCUT2D eigenvalue weighted by molar-refractivity contribution is -0.141. The monoisotopic (exact) mass is 330 g/mol. The van der Waals surface area contributed by atoms with Crippen LogP contribution in [0.1, 0.15) is 55.7 Å². The summed E-state index contributed by atoms with van der Waals surface area (Å²) in [6, 6.07) is 0.999. The molecule has 3 rings (SSSR count). The van der Waals surface area contributed by atoms with E-state index in [0.717, 1.165) is 12.8 Å². The molecular formula is C17H22N4O3. The maximum Gasteiger partial charge on any atom is 0.326 e. The minimum atomic E-state index is -0.991. The molecular weight excluding hydrogens is 308 g/mol. The van der Waals surface area contributed by atoms with Crippen molar-refractivity contribution in [3.05, 3.63) is 23.5 Å². The Bertz CT molecular complexity index is 808. The summed E-state index contributed by atoms with van der Waals surface area (Å²) in [6.45, 7) is 7.39. The third kappa shape index (κ3) is 2.74. The zero-order chi connectivity index (χ0) is 17.6. The van der Waals surface area contributed by atoms with E-state index in [1.165, 1.54) is 4.90 Å². The number of amides is 1. The maximum atomic E-state index is 13.1. The molecule has 2 aromatic rings. The lowest BCUT2D eigenvalue weighted by Gasteiger charge is -2.26. The van der Waals surface area contributed by atoms with Gasteiger partial charge in [-0.1, -0.05) is 0 Å². The van der Waals surface area contributed by atoms with E-state index < -0.39 is 12.0 Å². The molecule has 24 heavy (non-hydrogen) atoms. The second-order valence-corrected chi connectivity index (χ2v) is 6.69. The van der Waals surface area contributed by atoms with Crippen molar-refractivity contribution in [3.63, 3.8) is 0 Å². The summed E-state index contributed by atoms with van der Waals surface area (Å²) in [5.74, 6) is -1.25. The van der Waals surface area contributed by atoms with Gasteiger partial charge in [0, 0.05) is 17.8 Å². The molecule has 1 saturated carbocycles. The molecule has 1 N–H and O–H groups in total. The predicted molar refractivity (Wildman–Crippen MR) is 88.9 cm³/mol. The molecule has 0 bridgehead atoms. The maximum absolute atomic E-state index is 13.1. The Kier molecular flexibility index (Phi) is 4.03. The van der Waals surface area contributed by atoms with E-state index in [-0.39, 0.29) is 18.0 Å². The molecule has 1 atom stereocenters. The summed E-state index contributed by atoms with van der Waals surface area (Å²) in [4.78, 5) is 30.5. The Morgan fingerprint density at radius 2 is 2.00 bits per heavy atom. The standard InChI is InChI=1S/C17H22N4O3/c1-9(2)21-15-14(8-18-21)13(7-10(3)19-15)16(22)20(12-5-6-12)11(4)17(23)24/h7-9,11-12H,5-6H2,1-4H3,(H,23,24). The number of carbonyl (C=O) groups excluding carboxylic acids is 1. The number of fused-ring (bicyclic) bond motifs is 1. The smallest absolute Gasteiger partial charge is 0.326 e. The van der Waals surface area contributed by atoms with E-state index >= 15 is 0 Å². The van der Waals surface area contributed by atoms with Gasteiger partial charge in [0.1, 0.15) is 6.04 Å². The number of nitrogens with zero attached hydrogens (tertiary/aromatic N) is 4. The first kappa shape index (κ1) is 16.4. The van der Waals surface area contributed by atoms with Crippen molar-refractivity contribution < 1.29 is 14.7 Å². The average molecular weight is 330 g/mol. The number of pyridine rings is 1. The van der Waals surface area contributed by atoms with Crippen LogP contribution in [0, 0.1) is 6.92 Å². The third-order valence-electron chi connectivity index (χ3n) is 4.36. The highest BCUT2D eigenvalue weighted by Crippen LogP contribution is 2.32. The molecule has 1 aliphatic carbocycles. The molecule has 1 aliphatic rings. The minimum Gasteiger partial charge on any atom is -0.480 e. The predicted octanol–water partition coefficient (Wildman–Crippen LogP) is 2.40. The van der Waals surface area contributed by atoms with Crippen molar-refractivity contribution in [2.24, 2.45) is 0 Å². The van der Waals surface area contributed by atoms with Crippen molar-refractivity contribution in [1.29, 1.82) is 0 Å². The second kappa shape index (κ2) is 5.89. The van der Waals surface area contributed by atoms with Gasteiger partial charge < -0.3 is 10.0 Å². The van der Waals surface area contributed by atoms with Gasteiger partial charge in [0.2, 0.25) is 0 Å². The molecule has 1 fully saturated rings. The molecule has 1 unspecified atom stereocenters. The molecule has 2 aromatic heterocycles. The molecule has 0 aliphatic heterocycles. The number of aryl methyl sites for hydroxylation is 1. The number of aromatic nitrogens is 3. The number of carbonyl (C=O) groups is 2. The molecule has 0 spiro atoms. The van der Waals surface area contributed by atoms with Gasteiger partial charge in [0.25, 0.3) is 5.91 Å². The van der Waals surface area contributed by atoms with Gasteiger partial charge in [-0.2, -0.15) is 5.10 Å². The van der Waals surface area contributed by atoms with Crippen LogP contribution in [0.2, 0.25) is 0 Å². The summed E-state index contributed by atoms with van der Waals surface area (Å²) in [5.41, 5.74) is 1.85. The van der Waals surface area contributed by atoms with E-state index in [9.17, 15) is 14.7 Å². The van der Waals surface area contributed by atoms with Gasteiger partial charge in [-0.15, -0.1) is 0 Å². The number of aliphatic carboxylic acids is 1. The average Bonchev–Trinajstić information content (AvgIpc) is 3.24. The number of carboxylic acid groups (broad SMARTS) is 1. The zero-order valence-electron chi connectivity index (χ0n) is 14.4. The van der Waals surface area contributed by atoms with E-state index in [2.05, 4.69) is 10.1 Å². The fraction of sp³-hybridized carbons (Fsp3) is 0.529. The molecule has 2 heterocycles. The van der Waals surface area contributed by atoms with Crippen LogP contribution < -0.4 is 0 Å². The lowest BCUT2D eigenvalue weighted by atomic mass is 10.1. The second-order valence-electron chi connectivity index (χ2n) is 6.69. The molecule has 0 saturated heterocycles. The van der Waals surface area contributed by atoms with Crippen molar-refractivity contribution in [2.75, 3.05) is 0 Å². The first-order valence-electron chi connectivity index (χ1n) is 8.21. The van der Waals surface area contributed by atoms with E-state index in [1.54, 1.807) is 23.9 Å². The summed E-state index contributed by atoms with van der Waals surface area (Å²) in [6.07, 6.45) is 3.34.